The highest BCUT2D eigenvalue weighted by Crippen LogP contribution is 2.42. The Hall–Kier alpha value is -1.59. The Morgan fingerprint density at radius 3 is 2.15 bits per heavy atom. The number of aliphatic carboxylic acids is 1. The van der Waals surface area contributed by atoms with Crippen LogP contribution >= 0.6 is 0 Å². The second-order valence-electron chi connectivity index (χ2n) is 5.64. The van der Waals surface area contributed by atoms with Gasteiger partial charge in [-0.15, -0.1) is 0 Å². The van der Waals surface area contributed by atoms with Crippen LogP contribution in [0.4, 0.5) is 0 Å². The fraction of sp³-hybridized carbons (Fsp3) is 0.786. The minimum Gasteiger partial charge on any atom is -0.481 e. The lowest BCUT2D eigenvalue weighted by Gasteiger charge is -2.35. The minimum absolute atomic E-state index is 0.0616. The molecular weight excluding hydrogens is 260 g/mol. The van der Waals surface area contributed by atoms with Crippen molar-refractivity contribution in [1.29, 1.82) is 0 Å². The number of hydrogen-bond donors (Lipinski definition) is 3. The van der Waals surface area contributed by atoms with E-state index in [2.05, 4.69) is 10.6 Å². The van der Waals surface area contributed by atoms with Crippen molar-refractivity contribution in [3.8, 4) is 0 Å². The Labute approximate surface area is 119 Å². The van der Waals surface area contributed by atoms with E-state index in [0.717, 1.165) is 32.1 Å². The molecule has 1 aliphatic carbocycles. The lowest BCUT2D eigenvalue weighted by molar-refractivity contribution is -0.141. The number of carbonyl (C=O) groups excluding carboxylic acids is 2. The molecule has 3 N–H and O–H groups in total. The quantitative estimate of drug-likeness (QED) is 0.609. The van der Waals surface area contributed by atoms with Gasteiger partial charge in [0.2, 0.25) is 11.8 Å². The first-order valence-corrected chi connectivity index (χ1v) is 7.16. The first-order chi connectivity index (χ1) is 9.43. The molecule has 0 unspecified atom stereocenters. The molecule has 0 aliphatic heterocycles. The number of carboxylic acid groups (broad SMARTS) is 1. The first kappa shape index (κ1) is 16.5. The Morgan fingerprint density at radius 1 is 1.00 bits per heavy atom. The summed E-state index contributed by atoms with van der Waals surface area (Å²) in [6, 6.07) is 0. The van der Waals surface area contributed by atoms with Crippen LogP contribution in [0.3, 0.4) is 0 Å². The summed E-state index contributed by atoms with van der Waals surface area (Å²) < 4.78 is 0. The van der Waals surface area contributed by atoms with Crippen molar-refractivity contribution < 1.29 is 19.5 Å². The van der Waals surface area contributed by atoms with E-state index in [1.165, 1.54) is 6.92 Å². The van der Waals surface area contributed by atoms with Gasteiger partial charge in [-0.3, -0.25) is 14.4 Å². The van der Waals surface area contributed by atoms with Gasteiger partial charge in [0.15, 0.2) is 0 Å². The third-order valence-corrected chi connectivity index (χ3v) is 3.80. The molecule has 0 saturated heterocycles. The molecule has 6 nitrogen and oxygen atoms in total. The van der Waals surface area contributed by atoms with Crippen LogP contribution < -0.4 is 10.6 Å². The van der Waals surface area contributed by atoms with Crippen molar-refractivity contribution in [2.45, 2.75) is 51.9 Å². The van der Waals surface area contributed by atoms with E-state index in [-0.39, 0.29) is 30.1 Å². The monoisotopic (exact) mass is 284 g/mol. The van der Waals surface area contributed by atoms with E-state index < -0.39 is 5.97 Å². The van der Waals surface area contributed by atoms with E-state index >= 15 is 0 Å². The summed E-state index contributed by atoms with van der Waals surface area (Å²) >= 11 is 0. The zero-order chi connectivity index (χ0) is 15.0. The number of amides is 2. The normalized spacial score (nSPS) is 17.2. The molecule has 0 aromatic rings. The second-order valence-corrected chi connectivity index (χ2v) is 5.64. The van der Waals surface area contributed by atoms with E-state index in [1.807, 2.05) is 0 Å². The topological polar surface area (TPSA) is 95.5 Å². The Bertz CT molecular complexity index is 362. The maximum Gasteiger partial charge on any atom is 0.303 e. The van der Waals surface area contributed by atoms with Crippen LogP contribution in [0.5, 0.6) is 0 Å². The standard InChI is InChI=1S/C14H24N2O4/c1-11(17)15-7-8-16-12(18)9-14(10-13(19)20)5-3-2-4-6-14/h2-10H2,1H3,(H,15,17)(H,16,18)(H,19,20). The van der Waals surface area contributed by atoms with Gasteiger partial charge in [0.1, 0.15) is 0 Å². The highest BCUT2D eigenvalue weighted by atomic mass is 16.4. The molecule has 0 aromatic carbocycles. The molecule has 0 bridgehead atoms. The summed E-state index contributed by atoms with van der Waals surface area (Å²) in [6.45, 7) is 2.19. The van der Waals surface area contributed by atoms with E-state index in [9.17, 15) is 14.4 Å². The fourth-order valence-corrected chi connectivity index (χ4v) is 2.88. The molecule has 1 fully saturated rings. The number of nitrogens with one attached hydrogen (secondary N) is 2. The van der Waals surface area contributed by atoms with Crippen LogP contribution in [0.15, 0.2) is 0 Å². The van der Waals surface area contributed by atoms with Crippen molar-refractivity contribution in [3.05, 3.63) is 0 Å². The predicted octanol–water partition coefficient (Wildman–Crippen LogP) is 1.05. The summed E-state index contributed by atoms with van der Waals surface area (Å²) in [7, 11) is 0. The summed E-state index contributed by atoms with van der Waals surface area (Å²) in [5.41, 5.74) is -0.387. The highest BCUT2D eigenvalue weighted by Gasteiger charge is 2.36. The third-order valence-electron chi connectivity index (χ3n) is 3.80. The molecule has 20 heavy (non-hydrogen) atoms. The number of carbonyl (C=O) groups is 3. The van der Waals surface area contributed by atoms with Gasteiger partial charge in [-0.05, 0) is 18.3 Å². The summed E-state index contributed by atoms with van der Waals surface area (Å²) in [6.07, 6.45) is 5.03. The lowest BCUT2D eigenvalue weighted by atomic mass is 9.69. The Morgan fingerprint density at radius 2 is 1.60 bits per heavy atom. The Balaban J connectivity index is 2.41. The molecule has 0 aromatic heterocycles. The molecule has 1 rings (SSSR count). The maximum atomic E-state index is 11.9. The van der Waals surface area contributed by atoms with Crippen LogP contribution in [0.1, 0.15) is 51.9 Å². The van der Waals surface area contributed by atoms with Crippen molar-refractivity contribution >= 4 is 17.8 Å². The average Bonchev–Trinajstić information content (AvgIpc) is 2.34. The molecule has 114 valence electrons. The molecule has 0 spiro atoms. The van der Waals surface area contributed by atoms with Crippen LogP contribution in [-0.2, 0) is 14.4 Å². The molecule has 1 aliphatic rings. The zero-order valence-electron chi connectivity index (χ0n) is 12.0. The summed E-state index contributed by atoms with van der Waals surface area (Å²) in [5.74, 6) is -1.09. The molecule has 0 heterocycles. The van der Waals surface area contributed by atoms with Crippen molar-refractivity contribution in [2.24, 2.45) is 5.41 Å². The van der Waals surface area contributed by atoms with Crippen LogP contribution in [0.25, 0.3) is 0 Å². The van der Waals surface area contributed by atoms with E-state index in [1.54, 1.807) is 0 Å². The van der Waals surface area contributed by atoms with Gasteiger partial charge >= 0.3 is 5.97 Å². The van der Waals surface area contributed by atoms with Crippen molar-refractivity contribution in [3.63, 3.8) is 0 Å². The summed E-state index contributed by atoms with van der Waals surface area (Å²) in [5, 5.41) is 14.4. The van der Waals surface area contributed by atoms with Crippen LogP contribution in [0.2, 0.25) is 0 Å². The van der Waals surface area contributed by atoms with Gasteiger partial charge in [-0.2, -0.15) is 0 Å². The molecule has 0 atom stereocenters. The Kier molecular flexibility index (Phi) is 6.48. The van der Waals surface area contributed by atoms with Crippen LogP contribution in [-0.4, -0.2) is 36.0 Å². The van der Waals surface area contributed by atoms with E-state index in [0.29, 0.717) is 13.1 Å². The first-order valence-electron chi connectivity index (χ1n) is 7.16. The molecule has 0 radical (unpaired) electrons. The maximum absolute atomic E-state index is 11.9. The van der Waals surface area contributed by atoms with Gasteiger partial charge in [0.25, 0.3) is 0 Å². The lowest BCUT2D eigenvalue weighted by Crippen LogP contribution is -2.38. The van der Waals surface area contributed by atoms with Gasteiger partial charge in [0, 0.05) is 26.4 Å². The number of carboxylic acids is 1. The second kappa shape index (κ2) is 7.87. The smallest absolute Gasteiger partial charge is 0.303 e. The predicted molar refractivity (Wildman–Crippen MR) is 74.1 cm³/mol. The summed E-state index contributed by atoms with van der Waals surface area (Å²) in [4.78, 5) is 33.6. The zero-order valence-corrected chi connectivity index (χ0v) is 12.0. The SMILES string of the molecule is CC(=O)NCCNC(=O)CC1(CC(=O)O)CCCCC1. The van der Waals surface area contributed by atoms with Gasteiger partial charge in [0.05, 0.1) is 6.42 Å². The average molecular weight is 284 g/mol. The molecule has 6 heteroatoms. The van der Waals surface area contributed by atoms with Crippen molar-refractivity contribution in [2.75, 3.05) is 13.1 Å². The molecule has 1 saturated carbocycles. The molecule has 2 amide bonds. The number of hydrogen-bond acceptors (Lipinski definition) is 3. The third kappa shape index (κ3) is 6.04. The van der Waals surface area contributed by atoms with E-state index in [4.69, 9.17) is 5.11 Å². The fourth-order valence-electron chi connectivity index (χ4n) is 2.88. The molecular formula is C14H24N2O4. The van der Waals surface area contributed by atoms with Gasteiger partial charge < -0.3 is 15.7 Å². The largest absolute Gasteiger partial charge is 0.481 e. The van der Waals surface area contributed by atoms with Gasteiger partial charge in [-0.1, -0.05) is 19.3 Å². The number of rotatable bonds is 7. The van der Waals surface area contributed by atoms with Crippen LogP contribution in [0, 0.1) is 5.41 Å². The minimum atomic E-state index is -0.835. The van der Waals surface area contributed by atoms with Gasteiger partial charge in [-0.25, -0.2) is 0 Å². The highest BCUT2D eigenvalue weighted by molar-refractivity contribution is 5.78. The van der Waals surface area contributed by atoms with Crippen molar-refractivity contribution in [1.82, 2.24) is 10.6 Å².